The van der Waals surface area contributed by atoms with E-state index in [0.717, 1.165) is 33.8 Å². The van der Waals surface area contributed by atoms with E-state index in [4.69, 9.17) is 15.0 Å². The maximum Gasteiger partial charge on any atom is 0.164 e. The predicted molar refractivity (Wildman–Crippen MR) is 193 cm³/mol. The van der Waals surface area contributed by atoms with E-state index in [1.807, 2.05) is 60.7 Å². The van der Waals surface area contributed by atoms with Crippen molar-refractivity contribution in [2.75, 3.05) is 4.90 Å². The summed E-state index contributed by atoms with van der Waals surface area (Å²) in [4.78, 5) is 17.1. The van der Waals surface area contributed by atoms with E-state index in [-0.39, 0.29) is 0 Å². The summed E-state index contributed by atoms with van der Waals surface area (Å²) < 4.78 is 0. The molecule has 0 saturated heterocycles. The Hall–Kier alpha value is -6.39. The van der Waals surface area contributed by atoms with E-state index in [9.17, 15) is 0 Å². The molecule has 47 heavy (non-hydrogen) atoms. The van der Waals surface area contributed by atoms with Gasteiger partial charge < -0.3 is 4.90 Å². The highest BCUT2D eigenvalue weighted by atomic mass is 15.1. The van der Waals surface area contributed by atoms with E-state index in [2.05, 4.69) is 114 Å². The predicted octanol–water partition coefficient (Wildman–Crippen LogP) is 11.1. The topological polar surface area (TPSA) is 41.9 Å². The summed E-state index contributed by atoms with van der Waals surface area (Å²) in [5.74, 6) is 1.94. The molecular weight excluding hydrogens is 573 g/mol. The Bertz CT molecular complexity index is 2260. The maximum absolute atomic E-state index is 4.95. The molecule has 4 nitrogen and oxygen atoms in total. The number of para-hydroxylation sites is 2. The van der Waals surface area contributed by atoms with E-state index < -0.39 is 0 Å². The maximum atomic E-state index is 4.95. The molecule has 1 aliphatic heterocycles. The van der Waals surface area contributed by atoms with Crippen molar-refractivity contribution in [3.63, 3.8) is 0 Å². The van der Waals surface area contributed by atoms with Crippen molar-refractivity contribution in [2.45, 2.75) is 0 Å². The Labute approximate surface area is 273 Å². The molecule has 0 spiro atoms. The molecule has 9 rings (SSSR count). The lowest BCUT2D eigenvalue weighted by Gasteiger charge is -2.32. The number of anilines is 3. The van der Waals surface area contributed by atoms with Gasteiger partial charge in [0.25, 0.3) is 0 Å². The molecule has 0 unspecified atom stereocenters. The Morgan fingerprint density at radius 3 is 1.21 bits per heavy atom. The molecule has 1 aromatic heterocycles. The molecule has 4 heteroatoms. The molecule has 0 bridgehead atoms. The van der Waals surface area contributed by atoms with Gasteiger partial charge in [-0.2, -0.15) is 0 Å². The van der Waals surface area contributed by atoms with Crippen LogP contribution >= 0.6 is 0 Å². The molecular formula is C43H28N4. The second-order valence-corrected chi connectivity index (χ2v) is 11.7. The van der Waals surface area contributed by atoms with Gasteiger partial charge in [0, 0.05) is 33.5 Å². The fraction of sp³-hybridized carbons (Fsp3) is 0. The van der Waals surface area contributed by atoms with Crippen LogP contribution in [0.3, 0.4) is 0 Å². The zero-order valence-corrected chi connectivity index (χ0v) is 25.5. The Morgan fingerprint density at radius 2 is 0.723 bits per heavy atom. The van der Waals surface area contributed by atoms with Crippen molar-refractivity contribution in [2.24, 2.45) is 0 Å². The summed E-state index contributed by atoms with van der Waals surface area (Å²) in [6, 6.07) is 59.4. The van der Waals surface area contributed by atoms with Gasteiger partial charge in [0.15, 0.2) is 17.5 Å². The van der Waals surface area contributed by atoms with Gasteiger partial charge in [-0.1, -0.05) is 133 Å². The summed E-state index contributed by atoms with van der Waals surface area (Å²) in [5, 5.41) is 2.52. The minimum atomic E-state index is 0.637. The molecule has 0 aliphatic carbocycles. The van der Waals surface area contributed by atoms with Crippen LogP contribution in [0, 0.1) is 0 Å². The van der Waals surface area contributed by atoms with E-state index >= 15 is 0 Å². The number of hydrogen-bond acceptors (Lipinski definition) is 4. The lowest BCUT2D eigenvalue weighted by Crippen LogP contribution is -2.13. The van der Waals surface area contributed by atoms with Gasteiger partial charge in [-0.3, -0.25) is 0 Å². The number of aromatic nitrogens is 3. The molecule has 220 valence electrons. The van der Waals surface area contributed by atoms with E-state index in [0.29, 0.717) is 17.5 Å². The van der Waals surface area contributed by atoms with Gasteiger partial charge >= 0.3 is 0 Å². The molecule has 0 amide bonds. The van der Waals surface area contributed by atoms with Gasteiger partial charge in [-0.05, 0) is 58.3 Å². The molecule has 1 aliphatic rings. The smallest absolute Gasteiger partial charge is 0.164 e. The third kappa shape index (κ3) is 4.66. The number of rotatable bonds is 4. The van der Waals surface area contributed by atoms with Crippen LogP contribution in [0.4, 0.5) is 17.1 Å². The molecule has 0 radical (unpaired) electrons. The van der Waals surface area contributed by atoms with Crippen LogP contribution in [0.5, 0.6) is 0 Å². The minimum Gasteiger partial charge on any atom is -0.309 e. The molecule has 0 N–H and O–H groups in total. The molecule has 8 aromatic rings. The lowest BCUT2D eigenvalue weighted by atomic mass is 9.88. The average molecular weight is 601 g/mol. The summed E-state index contributed by atoms with van der Waals surface area (Å²) in [6.07, 6.45) is 0. The SMILES string of the molecule is c1ccc(-c2nc(-c3ccccc3)nc(-c3ccc(N4c5ccccc5-c5cccc6cccc(c56)-c5ccccc54)cc3)n2)cc1. The Balaban J connectivity index is 1.21. The number of fused-ring (bicyclic) bond motifs is 4. The summed E-state index contributed by atoms with van der Waals surface area (Å²) in [7, 11) is 0. The molecule has 0 saturated carbocycles. The summed E-state index contributed by atoms with van der Waals surface area (Å²) in [6.45, 7) is 0. The Morgan fingerprint density at radius 1 is 0.319 bits per heavy atom. The largest absolute Gasteiger partial charge is 0.309 e. The summed E-state index contributed by atoms with van der Waals surface area (Å²) >= 11 is 0. The summed E-state index contributed by atoms with van der Waals surface area (Å²) in [5.41, 5.74) is 11.0. The monoisotopic (exact) mass is 600 g/mol. The van der Waals surface area contributed by atoms with Crippen molar-refractivity contribution < 1.29 is 0 Å². The standard InChI is InChI=1S/C43H28N4/c1-3-13-30(14-4-1)41-44-42(31-15-5-2-6-16-31)46-43(45-41)32-25-27-33(28-26-32)47-38-23-9-7-19-34(38)36-21-11-17-29-18-12-22-37(40(29)36)35-20-8-10-24-39(35)47/h1-28H. The zero-order valence-electron chi connectivity index (χ0n) is 25.5. The average Bonchev–Trinajstić information content (AvgIpc) is 3.15. The third-order valence-electron chi connectivity index (χ3n) is 8.86. The van der Waals surface area contributed by atoms with Gasteiger partial charge in [-0.25, -0.2) is 15.0 Å². The van der Waals surface area contributed by atoms with Crippen molar-refractivity contribution in [1.29, 1.82) is 0 Å². The normalized spacial score (nSPS) is 11.8. The molecule has 2 heterocycles. The fourth-order valence-corrected chi connectivity index (χ4v) is 6.69. The van der Waals surface area contributed by atoms with Crippen molar-refractivity contribution in [1.82, 2.24) is 15.0 Å². The molecule has 7 aromatic carbocycles. The van der Waals surface area contributed by atoms with Crippen LogP contribution in [0.25, 0.3) is 67.2 Å². The van der Waals surface area contributed by atoms with Crippen molar-refractivity contribution in [3.8, 4) is 56.4 Å². The van der Waals surface area contributed by atoms with Crippen molar-refractivity contribution >= 4 is 27.8 Å². The second-order valence-electron chi connectivity index (χ2n) is 11.7. The van der Waals surface area contributed by atoms with E-state index in [1.54, 1.807) is 0 Å². The lowest BCUT2D eigenvalue weighted by molar-refractivity contribution is 1.07. The highest BCUT2D eigenvalue weighted by Gasteiger charge is 2.25. The zero-order chi connectivity index (χ0) is 31.2. The van der Waals surface area contributed by atoms with Gasteiger partial charge in [0.05, 0.1) is 11.4 Å². The number of nitrogens with zero attached hydrogens (tertiary/aromatic N) is 4. The highest BCUT2D eigenvalue weighted by molar-refractivity contribution is 6.12. The first-order valence-corrected chi connectivity index (χ1v) is 15.8. The van der Waals surface area contributed by atoms with E-state index in [1.165, 1.54) is 33.0 Å². The first-order chi connectivity index (χ1) is 23.3. The van der Waals surface area contributed by atoms with Crippen LogP contribution in [-0.2, 0) is 0 Å². The number of hydrogen-bond donors (Lipinski definition) is 0. The Kier molecular flexibility index (Phi) is 6.43. The minimum absolute atomic E-state index is 0.637. The number of benzene rings is 7. The van der Waals surface area contributed by atoms with Gasteiger partial charge in [0.2, 0.25) is 0 Å². The van der Waals surface area contributed by atoms with Gasteiger partial charge in [-0.15, -0.1) is 0 Å². The first kappa shape index (κ1) is 27.0. The third-order valence-corrected chi connectivity index (χ3v) is 8.86. The molecule has 0 fully saturated rings. The first-order valence-electron chi connectivity index (χ1n) is 15.8. The van der Waals surface area contributed by atoms with Crippen LogP contribution < -0.4 is 4.90 Å². The second kappa shape index (κ2) is 11.2. The van der Waals surface area contributed by atoms with Crippen LogP contribution in [-0.4, -0.2) is 15.0 Å². The van der Waals surface area contributed by atoms with Crippen LogP contribution in [0.2, 0.25) is 0 Å². The van der Waals surface area contributed by atoms with Crippen LogP contribution in [0.1, 0.15) is 0 Å². The van der Waals surface area contributed by atoms with Crippen molar-refractivity contribution in [3.05, 3.63) is 170 Å². The molecule has 0 atom stereocenters. The van der Waals surface area contributed by atoms with Crippen LogP contribution in [0.15, 0.2) is 170 Å². The highest BCUT2D eigenvalue weighted by Crippen LogP contribution is 2.50. The fourth-order valence-electron chi connectivity index (χ4n) is 6.69. The quantitative estimate of drug-likeness (QED) is 0.202. The van der Waals surface area contributed by atoms with Gasteiger partial charge in [0.1, 0.15) is 0 Å².